The number of nitrogens with one attached hydrogen (secondary N) is 1. The first-order valence-electron chi connectivity index (χ1n) is 7.87. The monoisotopic (exact) mass is 284 g/mol. The highest BCUT2D eigenvalue weighted by molar-refractivity contribution is 5.76. The number of amides is 1. The van der Waals surface area contributed by atoms with Gasteiger partial charge in [0.1, 0.15) is 0 Å². The molecule has 2 fully saturated rings. The van der Waals surface area contributed by atoms with Gasteiger partial charge in [-0.2, -0.15) is 0 Å². The van der Waals surface area contributed by atoms with E-state index in [1.54, 1.807) is 0 Å². The topological polar surface area (TPSA) is 50.8 Å². The Morgan fingerprint density at radius 1 is 1.30 bits per heavy atom. The number of carbonyl (C=O) groups excluding carboxylic acids is 1. The predicted molar refractivity (Wildman–Crippen MR) is 77.6 cm³/mol. The Labute approximate surface area is 122 Å². The third-order valence-electron chi connectivity index (χ3n) is 4.19. The van der Waals surface area contributed by atoms with E-state index in [0.29, 0.717) is 37.7 Å². The van der Waals surface area contributed by atoms with E-state index in [4.69, 9.17) is 9.47 Å². The van der Waals surface area contributed by atoms with Gasteiger partial charge in [0.05, 0.1) is 19.3 Å². The van der Waals surface area contributed by atoms with Gasteiger partial charge in [0.25, 0.3) is 0 Å². The molecule has 2 unspecified atom stereocenters. The maximum Gasteiger partial charge on any atom is 0.224 e. The lowest BCUT2D eigenvalue weighted by molar-refractivity contribution is -0.135. The fourth-order valence-electron chi connectivity index (χ4n) is 2.83. The number of hydrogen-bond donors (Lipinski definition) is 1. The molecule has 0 aliphatic carbocycles. The number of nitrogens with zero attached hydrogens (tertiary/aromatic N) is 1. The van der Waals surface area contributed by atoms with Crippen molar-refractivity contribution in [1.82, 2.24) is 10.2 Å². The van der Waals surface area contributed by atoms with Crippen LogP contribution in [0.25, 0.3) is 0 Å². The van der Waals surface area contributed by atoms with Crippen molar-refractivity contribution in [3.63, 3.8) is 0 Å². The van der Waals surface area contributed by atoms with Gasteiger partial charge in [-0.25, -0.2) is 0 Å². The molecule has 0 radical (unpaired) electrons. The molecule has 2 rings (SSSR count). The summed E-state index contributed by atoms with van der Waals surface area (Å²) in [6, 6.07) is 0.494. The summed E-state index contributed by atoms with van der Waals surface area (Å²) in [6.07, 6.45) is 3.05. The van der Waals surface area contributed by atoms with Crippen LogP contribution in [0.1, 0.15) is 33.1 Å². The van der Waals surface area contributed by atoms with Gasteiger partial charge in [0.2, 0.25) is 5.91 Å². The molecule has 5 nitrogen and oxygen atoms in total. The number of rotatable bonds is 5. The molecule has 1 N–H and O–H groups in total. The van der Waals surface area contributed by atoms with Crippen LogP contribution in [-0.4, -0.2) is 62.4 Å². The molecule has 0 saturated carbocycles. The molecule has 0 aromatic heterocycles. The van der Waals surface area contributed by atoms with E-state index in [0.717, 1.165) is 39.1 Å². The summed E-state index contributed by atoms with van der Waals surface area (Å²) >= 11 is 0. The Morgan fingerprint density at radius 3 is 2.75 bits per heavy atom. The van der Waals surface area contributed by atoms with Crippen molar-refractivity contribution in [2.24, 2.45) is 5.92 Å². The molecule has 2 atom stereocenters. The standard InChI is InChI=1S/C15H28N2O3/c1-12(2)14-11-13(4-8-20-14)16-5-3-15(18)17-6-9-19-10-7-17/h12-14,16H,3-11H2,1-2H3. The molecule has 2 aliphatic rings. The Balaban J connectivity index is 1.63. The Kier molecular flexibility index (Phi) is 6.26. The summed E-state index contributed by atoms with van der Waals surface area (Å²) in [5, 5.41) is 3.52. The first kappa shape index (κ1) is 15.7. The highest BCUT2D eigenvalue weighted by atomic mass is 16.5. The molecule has 0 aromatic rings. The summed E-state index contributed by atoms with van der Waals surface area (Å²) in [4.78, 5) is 13.9. The highest BCUT2D eigenvalue weighted by Gasteiger charge is 2.24. The minimum Gasteiger partial charge on any atom is -0.378 e. The van der Waals surface area contributed by atoms with Crippen molar-refractivity contribution in [2.75, 3.05) is 39.5 Å². The van der Waals surface area contributed by atoms with Crippen molar-refractivity contribution < 1.29 is 14.3 Å². The van der Waals surface area contributed by atoms with Gasteiger partial charge in [-0.05, 0) is 18.8 Å². The maximum atomic E-state index is 12.0. The van der Waals surface area contributed by atoms with E-state index in [2.05, 4.69) is 19.2 Å². The van der Waals surface area contributed by atoms with Gasteiger partial charge in [0.15, 0.2) is 0 Å². The van der Waals surface area contributed by atoms with E-state index >= 15 is 0 Å². The number of hydrogen-bond acceptors (Lipinski definition) is 4. The minimum atomic E-state index is 0.244. The van der Waals surface area contributed by atoms with Crippen molar-refractivity contribution in [3.05, 3.63) is 0 Å². The second kappa shape index (κ2) is 7.96. The molecule has 2 saturated heterocycles. The van der Waals surface area contributed by atoms with Crippen LogP contribution in [0.4, 0.5) is 0 Å². The van der Waals surface area contributed by atoms with Crippen LogP contribution < -0.4 is 5.32 Å². The predicted octanol–water partition coefficient (Wildman–Crippen LogP) is 1.03. The smallest absolute Gasteiger partial charge is 0.224 e. The highest BCUT2D eigenvalue weighted by Crippen LogP contribution is 2.20. The van der Waals surface area contributed by atoms with Gasteiger partial charge in [-0.3, -0.25) is 4.79 Å². The molecule has 0 aromatic carbocycles. The van der Waals surface area contributed by atoms with E-state index in [1.165, 1.54) is 0 Å². The zero-order valence-corrected chi connectivity index (χ0v) is 12.8. The molecule has 2 heterocycles. The fraction of sp³-hybridized carbons (Fsp3) is 0.933. The van der Waals surface area contributed by atoms with Gasteiger partial charge in [-0.1, -0.05) is 13.8 Å². The third kappa shape index (κ3) is 4.72. The van der Waals surface area contributed by atoms with Crippen LogP contribution in [0, 0.1) is 5.92 Å². The van der Waals surface area contributed by atoms with Gasteiger partial charge in [-0.15, -0.1) is 0 Å². The Hall–Kier alpha value is -0.650. The van der Waals surface area contributed by atoms with Crippen LogP contribution in [0.15, 0.2) is 0 Å². The van der Waals surface area contributed by atoms with Crippen LogP contribution >= 0.6 is 0 Å². The zero-order chi connectivity index (χ0) is 14.4. The van der Waals surface area contributed by atoms with Crippen LogP contribution in [0.5, 0.6) is 0 Å². The fourth-order valence-corrected chi connectivity index (χ4v) is 2.83. The van der Waals surface area contributed by atoms with Crippen LogP contribution in [-0.2, 0) is 14.3 Å². The zero-order valence-electron chi connectivity index (χ0n) is 12.8. The number of carbonyl (C=O) groups is 1. The van der Waals surface area contributed by atoms with Gasteiger partial charge >= 0.3 is 0 Å². The average Bonchev–Trinajstić information content (AvgIpc) is 2.48. The molecule has 0 spiro atoms. The normalized spacial score (nSPS) is 27.9. The number of ether oxygens (including phenoxy) is 2. The van der Waals surface area contributed by atoms with Gasteiger partial charge in [0, 0.05) is 38.7 Å². The Bertz CT molecular complexity index is 303. The third-order valence-corrected chi connectivity index (χ3v) is 4.19. The summed E-state index contributed by atoms with van der Waals surface area (Å²) in [5.74, 6) is 0.808. The van der Waals surface area contributed by atoms with Crippen molar-refractivity contribution in [1.29, 1.82) is 0 Å². The SMILES string of the molecule is CC(C)C1CC(NCCC(=O)N2CCOCC2)CCO1. The summed E-state index contributed by atoms with van der Waals surface area (Å²) in [7, 11) is 0. The van der Waals surface area contributed by atoms with E-state index < -0.39 is 0 Å². The molecule has 0 bridgehead atoms. The van der Waals surface area contributed by atoms with E-state index in [1.807, 2.05) is 4.90 Å². The average molecular weight is 284 g/mol. The van der Waals surface area contributed by atoms with Gasteiger partial charge < -0.3 is 19.7 Å². The summed E-state index contributed by atoms with van der Waals surface area (Å²) < 4.78 is 11.0. The quantitative estimate of drug-likeness (QED) is 0.819. The Morgan fingerprint density at radius 2 is 2.05 bits per heavy atom. The van der Waals surface area contributed by atoms with Crippen molar-refractivity contribution in [2.45, 2.75) is 45.3 Å². The summed E-state index contributed by atoms with van der Waals surface area (Å²) in [6.45, 7) is 8.84. The molecular formula is C15H28N2O3. The van der Waals surface area contributed by atoms with Crippen LogP contribution in [0.2, 0.25) is 0 Å². The van der Waals surface area contributed by atoms with Crippen molar-refractivity contribution in [3.8, 4) is 0 Å². The molecule has 116 valence electrons. The summed E-state index contributed by atoms with van der Waals surface area (Å²) in [5.41, 5.74) is 0. The largest absolute Gasteiger partial charge is 0.378 e. The van der Waals surface area contributed by atoms with E-state index in [-0.39, 0.29) is 5.91 Å². The first-order valence-corrected chi connectivity index (χ1v) is 7.87. The second-order valence-corrected chi connectivity index (χ2v) is 6.07. The molecule has 2 aliphatic heterocycles. The molecular weight excluding hydrogens is 256 g/mol. The first-order chi connectivity index (χ1) is 9.66. The van der Waals surface area contributed by atoms with Crippen molar-refractivity contribution >= 4 is 5.91 Å². The van der Waals surface area contributed by atoms with E-state index in [9.17, 15) is 4.79 Å². The lowest BCUT2D eigenvalue weighted by Crippen LogP contribution is -2.44. The lowest BCUT2D eigenvalue weighted by Gasteiger charge is -2.32. The second-order valence-electron chi connectivity index (χ2n) is 6.07. The molecule has 5 heteroatoms. The lowest BCUT2D eigenvalue weighted by atomic mass is 9.95. The molecule has 20 heavy (non-hydrogen) atoms. The minimum absolute atomic E-state index is 0.244. The maximum absolute atomic E-state index is 12.0. The number of morpholine rings is 1. The van der Waals surface area contributed by atoms with Crippen LogP contribution in [0.3, 0.4) is 0 Å². The molecule has 1 amide bonds.